The van der Waals surface area contributed by atoms with Gasteiger partial charge in [0, 0.05) is 31.3 Å². The zero-order chi connectivity index (χ0) is 30.2. The van der Waals surface area contributed by atoms with Crippen LogP contribution in [0.3, 0.4) is 0 Å². The van der Waals surface area contributed by atoms with E-state index in [1.165, 1.54) is 4.90 Å². The molecule has 0 aliphatic heterocycles. The van der Waals surface area contributed by atoms with Gasteiger partial charge in [-0.05, 0) is 82.7 Å². The van der Waals surface area contributed by atoms with E-state index in [4.69, 9.17) is 0 Å². The number of carbonyl (C=O) groups is 3. The summed E-state index contributed by atoms with van der Waals surface area (Å²) in [7, 11) is 6.91. The maximum atomic E-state index is 14.1. The fourth-order valence-corrected chi connectivity index (χ4v) is 7.69. The highest BCUT2D eigenvalue weighted by Gasteiger charge is 2.64. The minimum Gasteiger partial charge on any atom is -0.508 e. The van der Waals surface area contributed by atoms with Gasteiger partial charge in [0.2, 0.25) is 5.78 Å². The monoisotopic (exact) mass is 568 g/mol. The number of Topliss-reactive ketones (excluding diaryl/α,β-unsaturated/α-hetero) is 3. The lowest BCUT2D eigenvalue weighted by Crippen LogP contribution is -2.65. The normalized spacial score (nSPS) is 29.0. The van der Waals surface area contributed by atoms with Gasteiger partial charge in [-0.1, -0.05) is 12.8 Å². The molecule has 0 saturated heterocycles. The van der Waals surface area contributed by atoms with Gasteiger partial charge in [-0.3, -0.25) is 19.3 Å². The zero-order valence-electron chi connectivity index (χ0n) is 24.3. The summed E-state index contributed by atoms with van der Waals surface area (Å²) in [4.78, 5) is 43.2. The van der Waals surface area contributed by atoms with Crippen molar-refractivity contribution in [2.24, 2.45) is 11.8 Å². The standard InChI is InChI=1S/C31H40N2O8/c1-15(34)21-27(37)24(33(4)5)19-13-17-12-18-20(32(2)3)14-16(8-11-30(40)9-6-7-10-30)25(35)23(18)26(36)22(17)29(39)31(19,41)28(21)38/h14,17,19,24,35-36,38,40-41H,6-13H2,1-5H3/t17-,19-,24-,31+/m0/s1. The van der Waals surface area contributed by atoms with Crippen LogP contribution in [0, 0.1) is 11.8 Å². The fourth-order valence-electron chi connectivity index (χ4n) is 7.69. The summed E-state index contributed by atoms with van der Waals surface area (Å²) >= 11 is 0. The van der Waals surface area contributed by atoms with Crippen molar-refractivity contribution in [3.8, 4) is 5.75 Å². The molecule has 2 saturated carbocycles. The van der Waals surface area contributed by atoms with E-state index >= 15 is 0 Å². The number of phenolic OH excluding ortho intramolecular Hbond substituents is 1. The van der Waals surface area contributed by atoms with E-state index in [1.807, 2.05) is 25.1 Å². The third-order valence-corrected chi connectivity index (χ3v) is 9.76. The highest BCUT2D eigenvalue weighted by Crippen LogP contribution is 2.54. The lowest BCUT2D eigenvalue weighted by molar-refractivity contribution is -0.153. The molecule has 5 rings (SSSR count). The van der Waals surface area contributed by atoms with Crippen LogP contribution in [-0.2, 0) is 27.2 Å². The van der Waals surface area contributed by atoms with Crippen molar-refractivity contribution in [2.45, 2.75) is 75.5 Å². The van der Waals surface area contributed by atoms with Crippen molar-refractivity contribution in [1.29, 1.82) is 0 Å². The molecule has 10 nitrogen and oxygen atoms in total. The average molecular weight is 569 g/mol. The lowest BCUT2D eigenvalue weighted by Gasteiger charge is -2.50. The third kappa shape index (κ3) is 4.30. The van der Waals surface area contributed by atoms with Crippen LogP contribution in [-0.4, -0.2) is 93.2 Å². The first kappa shape index (κ1) is 29.3. The first-order chi connectivity index (χ1) is 19.1. The van der Waals surface area contributed by atoms with Crippen LogP contribution in [0.5, 0.6) is 5.75 Å². The Hall–Kier alpha value is -3.21. The van der Waals surface area contributed by atoms with Crippen molar-refractivity contribution in [3.05, 3.63) is 39.7 Å². The molecule has 1 aromatic rings. The number of aryl methyl sites for hydroxylation is 1. The van der Waals surface area contributed by atoms with E-state index in [0.29, 0.717) is 36.8 Å². The maximum absolute atomic E-state index is 14.1. The highest BCUT2D eigenvalue weighted by molar-refractivity contribution is 6.25. The van der Waals surface area contributed by atoms with Crippen LogP contribution < -0.4 is 4.90 Å². The van der Waals surface area contributed by atoms with Gasteiger partial charge >= 0.3 is 0 Å². The number of rotatable bonds is 6. The van der Waals surface area contributed by atoms with Crippen molar-refractivity contribution in [3.63, 3.8) is 0 Å². The Morgan fingerprint density at radius 2 is 1.68 bits per heavy atom. The maximum Gasteiger partial charge on any atom is 0.202 e. The number of phenols is 1. The molecule has 0 spiro atoms. The molecule has 4 atom stereocenters. The molecule has 222 valence electrons. The first-order valence-corrected chi connectivity index (χ1v) is 14.3. The molecule has 5 N–H and O–H groups in total. The van der Waals surface area contributed by atoms with E-state index in [-0.39, 0.29) is 29.7 Å². The predicted molar refractivity (Wildman–Crippen MR) is 152 cm³/mol. The van der Waals surface area contributed by atoms with Gasteiger partial charge in [0.05, 0.1) is 17.2 Å². The van der Waals surface area contributed by atoms with Crippen molar-refractivity contribution in [2.75, 3.05) is 33.1 Å². The van der Waals surface area contributed by atoms with Gasteiger partial charge in [0.15, 0.2) is 17.2 Å². The number of carbonyl (C=O) groups excluding carboxylic acids is 3. The SMILES string of the molecule is CC(=O)C1=C(O)[C@@]2(O)C(=O)C3=C(O)c4c(O)c(CCC5(O)CCCC5)cc(N(C)C)c4C[C@H]3C[C@H]2[C@H](N(C)C)C1=O. The summed E-state index contributed by atoms with van der Waals surface area (Å²) in [6.07, 6.45) is 4.41. The van der Waals surface area contributed by atoms with Crippen LogP contribution in [0.2, 0.25) is 0 Å². The molecule has 1 aromatic carbocycles. The van der Waals surface area contributed by atoms with Crippen LogP contribution in [0.25, 0.3) is 5.76 Å². The highest BCUT2D eigenvalue weighted by atomic mass is 16.3. The Labute approximate surface area is 239 Å². The Balaban J connectivity index is 1.67. The number of fused-ring (bicyclic) bond motifs is 3. The molecule has 4 aliphatic rings. The number of hydrogen-bond donors (Lipinski definition) is 5. The van der Waals surface area contributed by atoms with Gasteiger partial charge in [0.1, 0.15) is 22.8 Å². The number of aliphatic hydroxyl groups is 4. The number of aromatic hydroxyl groups is 1. The van der Waals surface area contributed by atoms with E-state index < -0.39 is 63.5 Å². The van der Waals surface area contributed by atoms with E-state index in [9.17, 15) is 39.9 Å². The lowest BCUT2D eigenvalue weighted by atomic mass is 9.57. The second-order valence-corrected chi connectivity index (χ2v) is 12.7. The molecular weight excluding hydrogens is 528 g/mol. The van der Waals surface area contributed by atoms with Crippen LogP contribution >= 0.6 is 0 Å². The first-order valence-electron chi connectivity index (χ1n) is 14.3. The fraction of sp³-hybridized carbons (Fsp3) is 0.581. The molecule has 4 aliphatic carbocycles. The second-order valence-electron chi connectivity index (χ2n) is 12.7. The molecule has 41 heavy (non-hydrogen) atoms. The molecule has 2 fully saturated rings. The molecule has 0 unspecified atom stereocenters. The molecule has 0 bridgehead atoms. The van der Waals surface area contributed by atoms with Crippen molar-refractivity contribution >= 4 is 28.8 Å². The number of ketones is 3. The van der Waals surface area contributed by atoms with Crippen molar-refractivity contribution in [1.82, 2.24) is 4.90 Å². The summed E-state index contributed by atoms with van der Waals surface area (Å²) in [5.41, 5.74) is -2.15. The molecule has 0 heterocycles. The summed E-state index contributed by atoms with van der Waals surface area (Å²) in [6, 6.07) is 0.806. The zero-order valence-corrected chi connectivity index (χ0v) is 24.3. The number of hydrogen-bond acceptors (Lipinski definition) is 10. The van der Waals surface area contributed by atoms with Gasteiger partial charge < -0.3 is 30.4 Å². The summed E-state index contributed by atoms with van der Waals surface area (Å²) in [6.45, 7) is 1.09. The number of aliphatic hydroxyl groups excluding tert-OH is 2. The Bertz CT molecular complexity index is 1400. The molecule has 0 radical (unpaired) electrons. The summed E-state index contributed by atoms with van der Waals surface area (Å²) < 4.78 is 0. The largest absolute Gasteiger partial charge is 0.508 e. The topological polar surface area (TPSA) is 159 Å². The molecule has 10 heteroatoms. The molecular formula is C31H40N2O8. The van der Waals surface area contributed by atoms with Gasteiger partial charge in [-0.15, -0.1) is 0 Å². The van der Waals surface area contributed by atoms with E-state index in [1.54, 1.807) is 14.1 Å². The number of anilines is 1. The summed E-state index contributed by atoms with van der Waals surface area (Å²) in [5.74, 6) is -5.72. The minimum atomic E-state index is -2.59. The van der Waals surface area contributed by atoms with Crippen LogP contribution in [0.1, 0.15) is 62.1 Å². The van der Waals surface area contributed by atoms with Crippen molar-refractivity contribution < 1.29 is 39.9 Å². The van der Waals surface area contributed by atoms with Crippen LogP contribution in [0.15, 0.2) is 23.0 Å². The predicted octanol–water partition coefficient (Wildman–Crippen LogP) is 2.37. The Morgan fingerprint density at radius 3 is 2.24 bits per heavy atom. The van der Waals surface area contributed by atoms with Crippen LogP contribution in [0.4, 0.5) is 5.69 Å². The Morgan fingerprint density at radius 1 is 1.05 bits per heavy atom. The number of likely N-dealkylation sites (N-methyl/N-ethyl adjacent to an activating group) is 1. The molecule has 0 amide bonds. The van der Waals surface area contributed by atoms with E-state index in [0.717, 1.165) is 25.5 Å². The average Bonchev–Trinajstić information content (AvgIpc) is 3.31. The third-order valence-electron chi connectivity index (χ3n) is 9.76. The smallest absolute Gasteiger partial charge is 0.202 e. The number of nitrogens with zero attached hydrogens (tertiary/aromatic N) is 2. The second kappa shape index (κ2) is 9.96. The Kier molecular flexibility index (Phi) is 7.11. The quantitative estimate of drug-likeness (QED) is 0.323. The number of benzene rings is 1. The summed E-state index contributed by atoms with van der Waals surface area (Å²) in [5, 5.41) is 56.9. The minimum absolute atomic E-state index is 0.0767. The van der Waals surface area contributed by atoms with E-state index in [2.05, 4.69) is 0 Å². The van der Waals surface area contributed by atoms with Gasteiger partial charge in [-0.2, -0.15) is 0 Å². The molecule has 0 aromatic heterocycles. The van der Waals surface area contributed by atoms with Gasteiger partial charge in [0.25, 0.3) is 0 Å². The van der Waals surface area contributed by atoms with Gasteiger partial charge in [-0.25, -0.2) is 0 Å².